The highest BCUT2D eigenvalue weighted by Gasteiger charge is 2.16. The second-order valence-corrected chi connectivity index (χ2v) is 5.69. The van der Waals surface area contributed by atoms with Crippen LogP contribution in [0.4, 0.5) is 16.2 Å². The lowest BCUT2D eigenvalue weighted by Crippen LogP contribution is -2.33. The van der Waals surface area contributed by atoms with Crippen LogP contribution in [-0.2, 0) is 4.79 Å². The first-order chi connectivity index (χ1) is 13.2. The van der Waals surface area contributed by atoms with Gasteiger partial charge in [0.1, 0.15) is 5.76 Å². The Morgan fingerprint density at radius 2 is 1.85 bits per heavy atom. The maximum Gasteiger partial charge on any atom is 0.332 e. The standard InChI is InChI=1S/C20H14N4O3/c25-13-24(16-6-7-17-18(12-16)22-9-8-21-17)20(26)23-15-4-1-3-14(11-15)19-5-2-10-27-19/h1-13H,(H,23,26). The van der Waals surface area contributed by atoms with Gasteiger partial charge in [-0.25, -0.2) is 9.69 Å². The zero-order valence-electron chi connectivity index (χ0n) is 14.1. The highest BCUT2D eigenvalue weighted by Crippen LogP contribution is 2.24. The van der Waals surface area contributed by atoms with Crippen molar-refractivity contribution in [2.75, 3.05) is 10.2 Å². The molecule has 0 saturated heterocycles. The Kier molecular flexibility index (Phi) is 4.32. The number of hydrogen-bond donors (Lipinski definition) is 1. The molecule has 2 heterocycles. The molecule has 2 aromatic heterocycles. The predicted octanol–water partition coefficient (Wildman–Crippen LogP) is 4.08. The number of fused-ring (bicyclic) bond motifs is 1. The third-order valence-electron chi connectivity index (χ3n) is 3.97. The first kappa shape index (κ1) is 16.5. The van der Waals surface area contributed by atoms with E-state index in [2.05, 4.69) is 15.3 Å². The van der Waals surface area contributed by atoms with Crippen LogP contribution in [0.2, 0.25) is 0 Å². The van der Waals surface area contributed by atoms with Crippen LogP contribution in [-0.4, -0.2) is 22.4 Å². The number of benzene rings is 2. The molecule has 0 fully saturated rings. The largest absolute Gasteiger partial charge is 0.464 e. The molecule has 0 spiro atoms. The summed E-state index contributed by atoms with van der Waals surface area (Å²) in [6.07, 6.45) is 5.18. The van der Waals surface area contributed by atoms with Gasteiger partial charge in [-0.15, -0.1) is 0 Å². The molecule has 7 nitrogen and oxygen atoms in total. The van der Waals surface area contributed by atoms with Crippen molar-refractivity contribution in [1.82, 2.24) is 9.97 Å². The molecule has 0 bridgehead atoms. The van der Waals surface area contributed by atoms with Gasteiger partial charge in [-0.05, 0) is 42.5 Å². The predicted molar refractivity (Wildman–Crippen MR) is 101 cm³/mol. The van der Waals surface area contributed by atoms with E-state index in [-0.39, 0.29) is 0 Å². The molecule has 0 aliphatic heterocycles. The number of anilines is 2. The number of furan rings is 1. The zero-order chi connectivity index (χ0) is 18.6. The van der Waals surface area contributed by atoms with Crippen LogP contribution in [0.3, 0.4) is 0 Å². The van der Waals surface area contributed by atoms with Crippen LogP contribution in [0.1, 0.15) is 0 Å². The van der Waals surface area contributed by atoms with Gasteiger partial charge in [0.25, 0.3) is 0 Å². The smallest absolute Gasteiger partial charge is 0.332 e. The summed E-state index contributed by atoms with van der Waals surface area (Å²) in [6, 6.07) is 15.2. The average Bonchev–Trinajstić information content (AvgIpc) is 3.23. The summed E-state index contributed by atoms with van der Waals surface area (Å²) in [7, 11) is 0. The molecule has 7 heteroatoms. The lowest BCUT2D eigenvalue weighted by Gasteiger charge is -2.17. The maximum absolute atomic E-state index is 12.6. The fourth-order valence-electron chi connectivity index (χ4n) is 2.70. The van der Waals surface area contributed by atoms with Crippen molar-refractivity contribution in [3.63, 3.8) is 0 Å². The third-order valence-corrected chi connectivity index (χ3v) is 3.97. The maximum atomic E-state index is 12.6. The molecule has 0 aliphatic rings. The van der Waals surface area contributed by atoms with Crippen molar-refractivity contribution in [1.29, 1.82) is 0 Å². The minimum absolute atomic E-state index is 0.401. The number of hydrogen-bond acceptors (Lipinski definition) is 5. The Hall–Kier alpha value is -4.00. The minimum Gasteiger partial charge on any atom is -0.464 e. The van der Waals surface area contributed by atoms with Crippen molar-refractivity contribution in [3.8, 4) is 11.3 Å². The Labute approximate surface area is 154 Å². The topological polar surface area (TPSA) is 88.3 Å². The fraction of sp³-hybridized carbons (Fsp3) is 0. The van der Waals surface area contributed by atoms with Gasteiger partial charge in [0, 0.05) is 23.6 Å². The van der Waals surface area contributed by atoms with Crippen molar-refractivity contribution in [3.05, 3.63) is 73.3 Å². The monoisotopic (exact) mass is 358 g/mol. The molecule has 1 N–H and O–H groups in total. The van der Waals surface area contributed by atoms with Crippen LogP contribution in [0, 0.1) is 0 Å². The number of amides is 3. The minimum atomic E-state index is -0.579. The first-order valence-electron chi connectivity index (χ1n) is 8.15. The van der Waals surface area contributed by atoms with E-state index in [0.717, 1.165) is 10.5 Å². The van der Waals surface area contributed by atoms with E-state index in [1.165, 1.54) is 0 Å². The molecule has 2 aromatic carbocycles. The van der Waals surface area contributed by atoms with Crippen molar-refractivity contribution in [2.24, 2.45) is 0 Å². The molecule has 0 saturated carbocycles. The van der Waals surface area contributed by atoms with Gasteiger partial charge < -0.3 is 9.73 Å². The van der Waals surface area contributed by atoms with Crippen LogP contribution < -0.4 is 10.2 Å². The summed E-state index contributed by atoms with van der Waals surface area (Å²) in [4.78, 5) is 33.5. The molecule has 4 aromatic rings. The molecule has 27 heavy (non-hydrogen) atoms. The molecule has 0 atom stereocenters. The molecular formula is C20H14N4O3. The van der Waals surface area contributed by atoms with E-state index in [1.54, 1.807) is 61.1 Å². The molecule has 132 valence electrons. The summed E-state index contributed by atoms with van der Waals surface area (Å²) in [5.41, 5.74) is 3.03. The number of nitrogens with zero attached hydrogens (tertiary/aromatic N) is 3. The Morgan fingerprint density at radius 3 is 2.63 bits per heavy atom. The van der Waals surface area contributed by atoms with Gasteiger partial charge in [-0.1, -0.05) is 12.1 Å². The van der Waals surface area contributed by atoms with E-state index >= 15 is 0 Å². The number of aromatic nitrogens is 2. The number of nitrogens with one attached hydrogen (secondary N) is 1. The van der Waals surface area contributed by atoms with E-state index in [9.17, 15) is 9.59 Å². The molecule has 0 unspecified atom stereocenters. The Morgan fingerprint density at radius 1 is 1.00 bits per heavy atom. The molecule has 0 aliphatic carbocycles. The third kappa shape index (κ3) is 3.38. The summed E-state index contributed by atoms with van der Waals surface area (Å²) in [5, 5.41) is 2.72. The van der Waals surface area contributed by atoms with E-state index in [1.807, 2.05) is 12.1 Å². The van der Waals surface area contributed by atoms with E-state index < -0.39 is 6.03 Å². The first-order valence-corrected chi connectivity index (χ1v) is 8.15. The summed E-state index contributed by atoms with van der Waals surface area (Å²) in [6.45, 7) is 0. The van der Waals surface area contributed by atoms with Gasteiger partial charge in [0.2, 0.25) is 6.41 Å². The van der Waals surface area contributed by atoms with E-state index in [4.69, 9.17) is 4.42 Å². The number of urea groups is 1. The van der Waals surface area contributed by atoms with Crippen molar-refractivity contribution < 1.29 is 14.0 Å². The average molecular weight is 358 g/mol. The fourth-order valence-corrected chi connectivity index (χ4v) is 2.70. The SMILES string of the molecule is O=CN(C(=O)Nc1cccc(-c2ccco2)c1)c1ccc2nccnc2c1. The van der Waals surface area contributed by atoms with Gasteiger partial charge in [0.15, 0.2) is 0 Å². The number of rotatable bonds is 4. The summed E-state index contributed by atoms with van der Waals surface area (Å²) >= 11 is 0. The second kappa shape index (κ2) is 7.09. The quantitative estimate of drug-likeness (QED) is 0.555. The highest BCUT2D eigenvalue weighted by molar-refractivity contribution is 6.12. The van der Waals surface area contributed by atoms with E-state index in [0.29, 0.717) is 34.6 Å². The zero-order valence-corrected chi connectivity index (χ0v) is 14.1. The normalized spacial score (nSPS) is 10.5. The van der Waals surface area contributed by atoms with Crippen LogP contribution in [0.25, 0.3) is 22.4 Å². The van der Waals surface area contributed by atoms with Crippen molar-refractivity contribution in [2.45, 2.75) is 0 Å². The number of carbonyl (C=O) groups excluding carboxylic acids is 2. The lowest BCUT2D eigenvalue weighted by atomic mass is 10.1. The number of carbonyl (C=O) groups is 2. The van der Waals surface area contributed by atoms with Crippen LogP contribution in [0.5, 0.6) is 0 Å². The van der Waals surface area contributed by atoms with Crippen LogP contribution >= 0.6 is 0 Å². The summed E-state index contributed by atoms with van der Waals surface area (Å²) in [5.74, 6) is 0.687. The van der Waals surface area contributed by atoms with Crippen LogP contribution in [0.15, 0.2) is 77.7 Å². The van der Waals surface area contributed by atoms with Crippen molar-refractivity contribution >= 4 is 34.8 Å². The van der Waals surface area contributed by atoms with Gasteiger partial charge in [0.05, 0.1) is 23.0 Å². The highest BCUT2D eigenvalue weighted by atomic mass is 16.3. The summed E-state index contributed by atoms with van der Waals surface area (Å²) < 4.78 is 5.37. The molecule has 3 amide bonds. The Bertz CT molecular complexity index is 1110. The molecular weight excluding hydrogens is 344 g/mol. The lowest BCUT2D eigenvalue weighted by molar-refractivity contribution is -0.106. The Balaban J connectivity index is 1.58. The van der Waals surface area contributed by atoms with Gasteiger partial charge >= 0.3 is 6.03 Å². The molecule has 0 radical (unpaired) electrons. The molecule has 4 rings (SSSR count). The van der Waals surface area contributed by atoms with Gasteiger partial charge in [-0.3, -0.25) is 14.8 Å². The van der Waals surface area contributed by atoms with Gasteiger partial charge in [-0.2, -0.15) is 0 Å². The number of imide groups is 1. The second-order valence-electron chi connectivity index (χ2n) is 5.69.